The van der Waals surface area contributed by atoms with Crippen molar-refractivity contribution in [3.63, 3.8) is 0 Å². The van der Waals surface area contributed by atoms with Crippen LogP contribution < -0.4 is 4.89 Å². The topological polar surface area (TPSA) is 111 Å². The van der Waals surface area contributed by atoms with Crippen molar-refractivity contribution in [3.8, 4) is 0 Å². The summed E-state index contributed by atoms with van der Waals surface area (Å²) in [6, 6.07) is 0. The zero-order chi connectivity index (χ0) is 49.9. The zero-order valence-electron chi connectivity index (χ0n) is 45.1. The second-order valence-electron chi connectivity index (χ2n) is 20.3. The molecule has 398 valence electrons. The van der Waals surface area contributed by atoms with E-state index in [9.17, 15) is 19.0 Å². The van der Waals surface area contributed by atoms with Gasteiger partial charge >= 0.3 is 11.9 Å². The average Bonchev–Trinajstić information content (AvgIpc) is 3.30. The maximum atomic E-state index is 12.7. The number of rotatable bonds is 52. The molecule has 0 spiro atoms. The van der Waals surface area contributed by atoms with E-state index >= 15 is 0 Å². The highest BCUT2D eigenvalue weighted by Crippen LogP contribution is 2.38. The van der Waals surface area contributed by atoms with Crippen molar-refractivity contribution >= 4 is 19.8 Å². The van der Waals surface area contributed by atoms with Crippen LogP contribution in [0.2, 0.25) is 0 Å². The van der Waals surface area contributed by atoms with E-state index in [0.717, 1.165) is 57.8 Å². The Labute approximate surface area is 420 Å². The molecule has 0 saturated heterocycles. The predicted molar refractivity (Wildman–Crippen MR) is 287 cm³/mol. The van der Waals surface area contributed by atoms with Crippen LogP contribution in [0.15, 0.2) is 48.6 Å². The molecule has 68 heavy (non-hydrogen) atoms. The molecule has 0 bridgehead atoms. The van der Waals surface area contributed by atoms with E-state index < -0.39 is 26.5 Å². The summed E-state index contributed by atoms with van der Waals surface area (Å²) >= 11 is 0. The molecule has 2 atom stereocenters. The lowest BCUT2D eigenvalue weighted by atomic mass is 10.0. The minimum atomic E-state index is -4.64. The predicted octanol–water partition coefficient (Wildman–Crippen LogP) is 16.7. The molecule has 0 radical (unpaired) electrons. The Morgan fingerprint density at radius 2 is 0.838 bits per heavy atom. The number of phosphoric acid groups is 1. The van der Waals surface area contributed by atoms with Crippen molar-refractivity contribution in [2.24, 2.45) is 0 Å². The lowest BCUT2D eigenvalue weighted by Crippen LogP contribution is -2.37. The van der Waals surface area contributed by atoms with E-state index in [0.29, 0.717) is 17.4 Å². The van der Waals surface area contributed by atoms with Crippen molar-refractivity contribution < 1.29 is 42.1 Å². The number of carbonyl (C=O) groups is 2. The van der Waals surface area contributed by atoms with Crippen molar-refractivity contribution in [1.82, 2.24) is 0 Å². The van der Waals surface area contributed by atoms with Crippen LogP contribution >= 0.6 is 7.82 Å². The lowest BCUT2D eigenvalue weighted by molar-refractivity contribution is -0.870. The van der Waals surface area contributed by atoms with Gasteiger partial charge in [-0.05, 0) is 70.6 Å². The Hall–Kier alpha value is -2.03. The Morgan fingerprint density at radius 1 is 0.471 bits per heavy atom. The summed E-state index contributed by atoms with van der Waals surface area (Å²) in [5.41, 5.74) is 0. The monoisotopic (exact) mass is 978 g/mol. The number of hydrogen-bond donors (Lipinski definition) is 0. The molecule has 2 unspecified atom stereocenters. The molecule has 0 aliphatic heterocycles. The SMILES string of the molecule is CC/C=C\C/C=C\C/C=C\CCCCCC(=O)OC(COC(=O)CCCCCCCCCCCCCCCCCCCCC/C=C\CCCCCCCCCC)COP(=O)([O-])OCC[N+](C)(C)C. The minimum absolute atomic E-state index is 0.0368. The Morgan fingerprint density at radius 3 is 1.28 bits per heavy atom. The molecule has 0 amide bonds. The van der Waals surface area contributed by atoms with E-state index in [1.54, 1.807) is 0 Å². The molecule has 0 saturated carbocycles. The number of likely N-dealkylation sites (N-methyl/N-ethyl adjacent to an activating group) is 1. The first kappa shape index (κ1) is 66.0. The number of unbranched alkanes of at least 4 members (excludes halogenated alkanes) is 30. The van der Waals surface area contributed by atoms with Gasteiger partial charge in [-0.2, -0.15) is 0 Å². The van der Waals surface area contributed by atoms with Crippen molar-refractivity contribution in [2.75, 3.05) is 47.5 Å². The van der Waals surface area contributed by atoms with Gasteiger partial charge in [-0.15, -0.1) is 0 Å². The standard InChI is InChI=1S/C58H108NO8P/c1-6-8-10-12-14-16-18-20-21-22-23-24-25-26-27-28-29-30-31-32-33-34-35-36-37-39-40-42-44-46-48-50-57(60)64-54-56(55-66-68(62,63)65-53-52-59(3,4)5)67-58(61)51-49-47-45-43-41-38-19-17-15-13-11-9-7-2/h9,11,15,17,22-23,38,41,56H,6-8,10,12-14,16,18-21,24-37,39-40,42-55H2,1-5H3/b11-9-,17-15-,23-22-,41-38-. The van der Waals surface area contributed by atoms with Crippen LogP contribution in [0.1, 0.15) is 258 Å². The van der Waals surface area contributed by atoms with Crippen LogP contribution in [0.4, 0.5) is 0 Å². The summed E-state index contributed by atoms with van der Waals surface area (Å²) in [7, 11) is 1.15. The summed E-state index contributed by atoms with van der Waals surface area (Å²) in [4.78, 5) is 37.7. The van der Waals surface area contributed by atoms with Crippen LogP contribution in [-0.2, 0) is 32.7 Å². The maximum absolute atomic E-state index is 12.7. The molecule has 0 fully saturated rings. The van der Waals surface area contributed by atoms with Gasteiger partial charge < -0.3 is 27.9 Å². The fourth-order valence-corrected chi connectivity index (χ4v) is 8.69. The van der Waals surface area contributed by atoms with Gasteiger partial charge in [0.15, 0.2) is 6.10 Å². The maximum Gasteiger partial charge on any atom is 0.306 e. The molecule has 0 aliphatic rings. The molecule has 0 heterocycles. The number of phosphoric ester groups is 1. The summed E-state index contributed by atoms with van der Waals surface area (Å²) < 4.78 is 34.0. The normalized spacial score (nSPS) is 13.7. The van der Waals surface area contributed by atoms with E-state index in [1.807, 2.05) is 21.1 Å². The molecule has 9 nitrogen and oxygen atoms in total. The second kappa shape index (κ2) is 49.9. The third-order valence-corrected chi connectivity index (χ3v) is 13.3. The van der Waals surface area contributed by atoms with Crippen LogP contribution in [0.25, 0.3) is 0 Å². The van der Waals surface area contributed by atoms with E-state index in [1.165, 1.54) is 167 Å². The van der Waals surface area contributed by atoms with Crippen molar-refractivity contribution in [2.45, 2.75) is 264 Å². The molecular formula is C58H108NO8P. The van der Waals surface area contributed by atoms with E-state index in [2.05, 4.69) is 62.5 Å². The highest BCUT2D eigenvalue weighted by Gasteiger charge is 2.21. The molecular weight excluding hydrogens is 870 g/mol. The Balaban J connectivity index is 4.01. The summed E-state index contributed by atoms with van der Waals surface area (Å²) in [5.74, 6) is -0.861. The number of hydrogen-bond acceptors (Lipinski definition) is 8. The third-order valence-electron chi connectivity index (χ3n) is 12.3. The first-order chi connectivity index (χ1) is 33.0. The van der Waals surface area contributed by atoms with Crippen molar-refractivity contribution in [3.05, 3.63) is 48.6 Å². The van der Waals surface area contributed by atoms with Crippen LogP contribution in [-0.4, -0.2) is 70.0 Å². The number of ether oxygens (including phenoxy) is 2. The molecule has 0 aromatic heterocycles. The van der Waals surface area contributed by atoms with Gasteiger partial charge in [0.05, 0.1) is 27.7 Å². The number of carbonyl (C=O) groups excluding carboxylic acids is 2. The molecule has 0 aromatic rings. The summed E-state index contributed by atoms with van der Waals surface area (Å²) in [6.45, 7) is 4.10. The van der Waals surface area contributed by atoms with Crippen LogP contribution in [0.5, 0.6) is 0 Å². The number of quaternary nitrogens is 1. The highest BCUT2D eigenvalue weighted by molar-refractivity contribution is 7.45. The quantitative estimate of drug-likeness (QED) is 0.0195. The lowest BCUT2D eigenvalue weighted by Gasteiger charge is -2.28. The van der Waals surface area contributed by atoms with Gasteiger partial charge in [0.1, 0.15) is 19.8 Å². The number of esters is 2. The fraction of sp³-hybridized carbons (Fsp3) is 0.828. The number of allylic oxidation sites excluding steroid dienone is 8. The third kappa shape index (κ3) is 53.3. The first-order valence-electron chi connectivity index (χ1n) is 28.3. The van der Waals surface area contributed by atoms with Gasteiger partial charge in [0.25, 0.3) is 7.82 Å². The van der Waals surface area contributed by atoms with Gasteiger partial charge in [0, 0.05) is 12.8 Å². The molecule has 0 rings (SSSR count). The smallest absolute Gasteiger partial charge is 0.306 e. The molecule has 10 heteroatoms. The number of nitrogens with zero attached hydrogens (tertiary/aromatic N) is 1. The minimum Gasteiger partial charge on any atom is -0.756 e. The van der Waals surface area contributed by atoms with Gasteiger partial charge in [-0.3, -0.25) is 14.2 Å². The second-order valence-corrected chi connectivity index (χ2v) is 21.7. The molecule has 0 N–H and O–H groups in total. The summed E-state index contributed by atoms with van der Waals surface area (Å²) in [6.07, 6.45) is 61.9. The van der Waals surface area contributed by atoms with E-state index in [-0.39, 0.29) is 32.0 Å². The largest absolute Gasteiger partial charge is 0.756 e. The van der Waals surface area contributed by atoms with Crippen molar-refractivity contribution in [1.29, 1.82) is 0 Å². The average molecular weight is 978 g/mol. The molecule has 0 aliphatic carbocycles. The summed E-state index contributed by atoms with van der Waals surface area (Å²) in [5, 5.41) is 0. The Bertz CT molecular complexity index is 1290. The first-order valence-corrected chi connectivity index (χ1v) is 29.8. The molecule has 0 aromatic carbocycles. The van der Waals surface area contributed by atoms with Crippen LogP contribution in [0, 0.1) is 0 Å². The highest BCUT2D eigenvalue weighted by atomic mass is 31.2. The fourth-order valence-electron chi connectivity index (χ4n) is 7.96. The van der Waals surface area contributed by atoms with Gasteiger partial charge in [-0.25, -0.2) is 0 Å². The van der Waals surface area contributed by atoms with Gasteiger partial charge in [-0.1, -0.05) is 223 Å². The van der Waals surface area contributed by atoms with Gasteiger partial charge in [0.2, 0.25) is 0 Å². The van der Waals surface area contributed by atoms with Crippen LogP contribution in [0.3, 0.4) is 0 Å². The zero-order valence-corrected chi connectivity index (χ0v) is 45.9. The van der Waals surface area contributed by atoms with E-state index in [4.69, 9.17) is 18.5 Å². The Kier molecular flexibility index (Phi) is 48.4.